The van der Waals surface area contributed by atoms with Crippen molar-refractivity contribution in [3.63, 3.8) is 0 Å². The summed E-state index contributed by atoms with van der Waals surface area (Å²) in [5, 5.41) is 3.34. The quantitative estimate of drug-likeness (QED) is 0.904. The van der Waals surface area contributed by atoms with Crippen LogP contribution in [0.4, 0.5) is 13.2 Å². The molecule has 1 heterocycles. The molecule has 0 spiro atoms. The van der Waals surface area contributed by atoms with Crippen molar-refractivity contribution in [2.24, 2.45) is 0 Å². The van der Waals surface area contributed by atoms with E-state index in [4.69, 9.17) is 4.74 Å². The molecule has 0 aliphatic carbocycles. The number of hydrogen-bond acceptors (Lipinski definition) is 3. The minimum atomic E-state index is -4.31. The van der Waals surface area contributed by atoms with Gasteiger partial charge in [0.1, 0.15) is 5.75 Å². The van der Waals surface area contributed by atoms with Crippen molar-refractivity contribution in [2.75, 3.05) is 39.8 Å². The molecule has 0 amide bonds. The van der Waals surface area contributed by atoms with Crippen LogP contribution in [0.25, 0.3) is 0 Å². The molecule has 3 nitrogen and oxygen atoms in total. The van der Waals surface area contributed by atoms with E-state index in [0.717, 1.165) is 51.6 Å². The lowest BCUT2D eigenvalue weighted by atomic mass is 10.0. The number of benzene rings is 1. The van der Waals surface area contributed by atoms with Crippen molar-refractivity contribution in [3.05, 3.63) is 29.3 Å². The minimum absolute atomic E-state index is 0.533. The molecule has 0 atom stereocenters. The SMILES string of the molecule is COc1ccc(C(F)(F)F)cc1CCCN1CCCNCC1. The fourth-order valence-corrected chi connectivity index (χ4v) is 2.77. The van der Waals surface area contributed by atoms with Gasteiger partial charge in [0, 0.05) is 13.1 Å². The van der Waals surface area contributed by atoms with E-state index in [-0.39, 0.29) is 0 Å². The first kappa shape index (κ1) is 17.1. The Morgan fingerprint density at radius 2 is 2.05 bits per heavy atom. The first-order chi connectivity index (χ1) is 10.5. The van der Waals surface area contributed by atoms with Crippen LogP contribution in [-0.4, -0.2) is 44.7 Å². The Kier molecular flexibility index (Phi) is 6.08. The summed E-state index contributed by atoms with van der Waals surface area (Å²) < 4.78 is 43.6. The lowest BCUT2D eigenvalue weighted by molar-refractivity contribution is -0.137. The third-order valence-corrected chi connectivity index (χ3v) is 3.96. The maximum absolute atomic E-state index is 12.8. The van der Waals surface area contributed by atoms with Crippen molar-refractivity contribution in [2.45, 2.75) is 25.4 Å². The number of hydrogen-bond donors (Lipinski definition) is 1. The highest BCUT2D eigenvalue weighted by Gasteiger charge is 2.31. The standard InChI is InChI=1S/C16H23F3N2O/c1-22-15-6-5-14(16(17,18)19)12-13(15)4-2-9-21-10-3-7-20-8-11-21/h5-6,12,20H,2-4,7-11H2,1H3. The van der Waals surface area contributed by atoms with Crippen molar-refractivity contribution in [1.82, 2.24) is 10.2 Å². The average Bonchev–Trinajstić information content (AvgIpc) is 2.75. The largest absolute Gasteiger partial charge is 0.496 e. The predicted molar refractivity (Wildman–Crippen MR) is 80.2 cm³/mol. The first-order valence-corrected chi connectivity index (χ1v) is 7.68. The summed E-state index contributed by atoms with van der Waals surface area (Å²) in [6.07, 6.45) is -1.76. The normalized spacial score (nSPS) is 17.3. The van der Waals surface area contributed by atoms with Gasteiger partial charge in [0.05, 0.1) is 12.7 Å². The van der Waals surface area contributed by atoms with Gasteiger partial charge in [0.25, 0.3) is 0 Å². The molecule has 0 radical (unpaired) electrons. The maximum atomic E-state index is 12.8. The van der Waals surface area contributed by atoms with Crippen molar-refractivity contribution < 1.29 is 17.9 Å². The van der Waals surface area contributed by atoms with Crippen LogP contribution in [0.2, 0.25) is 0 Å². The van der Waals surface area contributed by atoms with Gasteiger partial charge in [0.15, 0.2) is 0 Å². The fourth-order valence-electron chi connectivity index (χ4n) is 2.77. The van der Waals surface area contributed by atoms with Gasteiger partial charge in [-0.1, -0.05) is 0 Å². The Labute approximate surface area is 129 Å². The van der Waals surface area contributed by atoms with E-state index in [1.165, 1.54) is 19.2 Å². The van der Waals surface area contributed by atoms with Crippen molar-refractivity contribution in [1.29, 1.82) is 0 Å². The van der Waals surface area contributed by atoms with Gasteiger partial charge < -0.3 is 15.0 Å². The van der Waals surface area contributed by atoms with Gasteiger partial charge >= 0.3 is 6.18 Å². The highest BCUT2D eigenvalue weighted by molar-refractivity contribution is 5.38. The number of aryl methyl sites for hydroxylation is 1. The third kappa shape index (κ3) is 4.88. The van der Waals surface area contributed by atoms with Crippen LogP contribution in [0.15, 0.2) is 18.2 Å². The molecule has 0 bridgehead atoms. The molecule has 22 heavy (non-hydrogen) atoms. The van der Waals surface area contributed by atoms with Gasteiger partial charge in [-0.15, -0.1) is 0 Å². The van der Waals surface area contributed by atoms with Crippen LogP contribution in [0.3, 0.4) is 0 Å². The van der Waals surface area contributed by atoms with E-state index >= 15 is 0 Å². The van der Waals surface area contributed by atoms with E-state index in [9.17, 15) is 13.2 Å². The molecule has 1 fully saturated rings. The van der Waals surface area contributed by atoms with Crippen LogP contribution in [0.1, 0.15) is 24.0 Å². The van der Waals surface area contributed by atoms with E-state index < -0.39 is 11.7 Å². The summed E-state index contributed by atoms with van der Waals surface area (Å²) in [6.45, 7) is 4.97. The molecule has 0 unspecified atom stereocenters. The fraction of sp³-hybridized carbons (Fsp3) is 0.625. The lowest BCUT2D eigenvalue weighted by Gasteiger charge is -2.19. The number of methoxy groups -OCH3 is 1. The predicted octanol–water partition coefficient (Wildman–Crippen LogP) is 2.94. The first-order valence-electron chi connectivity index (χ1n) is 7.68. The monoisotopic (exact) mass is 316 g/mol. The molecule has 1 saturated heterocycles. The van der Waals surface area contributed by atoms with Gasteiger partial charge in [-0.3, -0.25) is 0 Å². The summed E-state index contributed by atoms with van der Waals surface area (Å²) >= 11 is 0. The molecule has 6 heteroatoms. The van der Waals surface area contributed by atoms with Crippen LogP contribution < -0.4 is 10.1 Å². The van der Waals surface area contributed by atoms with E-state index in [2.05, 4.69) is 10.2 Å². The molecular formula is C16H23F3N2O. The smallest absolute Gasteiger partial charge is 0.416 e. The van der Waals surface area contributed by atoms with Crippen LogP contribution >= 0.6 is 0 Å². The highest BCUT2D eigenvalue weighted by atomic mass is 19.4. The zero-order valence-corrected chi connectivity index (χ0v) is 12.9. The van der Waals surface area contributed by atoms with Gasteiger partial charge in [-0.25, -0.2) is 0 Å². The molecule has 1 aliphatic rings. The highest BCUT2D eigenvalue weighted by Crippen LogP contribution is 2.33. The maximum Gasteiger partial charge on any atom is 0.416 e. The van der Waals surface area contributed by atoms with E-state index in [1.54, 1.807) is 0 Å². The Morgan fingerprint density at radius 1 is 1.23 bits per heavy atom. The summed E-state index contributed by atoms with van der Waals surface area (Å²) in [5.41, 5.74) is 0.0209. The Hall–Kier alpha value is -1.27. The van der Waals surface area contributed by atoms with E-state index in [1.807, 2.05) is 0 Å². The van der Waals surface area contributed by atoms with Gasteiger partial charge in [-0.05, 0) is 62.7 Å². The van der Waals surface area contributed by atoms with E-state index in [0.29, 0.717) is 17.7 Å². The van der Waals surface area contributed by atoms with Crippen LogP contribution in [0.5, 0.6) is 5.75 Å². The summed E-state index contributed by atoms with van der Waals surface area (Å²) in [5.74, 6) is 0.533. The van der Waals surface area contributed by atoms with Gasteiger partial charge in [-0.2, -0.15) is 13.2 Å². The minimum Gasteiger partial charge on any atom is -0.496 e. The van der Waals surface area contributed by atoms with Crippen LogP contribution in [0, 0.1) is 0 Å². The zero-order valence-electron chi connectivity index (χ0n) is 12.9. The molecule has 2 rings (SSSR count). The molecule has 0 aromatic heterocycles. The zero-order chi connectivity index (χ0) is 16.0. The molecule has 1 aromatic rings. The Morgan fingerprint density at radius 3 is 2.77 bits per heavy atom. The Bertz CT molecular complexity index is 469. The number of alkyl halides is 3. The molecule has 1 aromatic carbocycles. The summed E-state index contributed by atoms with van der Waals surface area (Å²) in [4.78, 5) is 2.36. The molecule has 124 valence electrons. The molecular weight excluding hydrogens is 293 g/mol. The number of halogens is 3. The van der Waals surface area contributed by atoms with Crippen LogP contribution in [-0.2, 0) is 12.6 Å². The number of rotatable bonds is 5. The van der Waals surface area contributed by atoms with Crippen molar-refractivity contribution >= 4 is 0 Å². The number of nitrogens with zero attached hydrogens (tertiary/aromatic N) is 1. The molecule has 1 aliphatic heterocycles. The van der Waals surface area contributed by atoms with Gasteiger partial charge in [0.2, 0.25) is 0 Å². The second-order valence-corrected chi connectivity index (χ2v) is 5.57. The van der Waals surface area contributed by atoms with Crippen molar-refractivity contribution in [3.8, 4) is 5.75 Å². The average molecular weight is 316 g/mol. The summed E-state index contributed by atoms with van der Waals surface area (Å²) in [7, 11) is 1.49. The third-order valence-electron chi connectivity index (χ3n) is 3.96. The Balaban J connectivity index is 1.95. The second-order valence-electron chi connectivity index (χ2n) is 5.57. The number of nitrogens with one attached hydrogen (secondary N) is 1. The molecule has 1 N–H and O–H groups in total. The number of ether oxygens (including phenoxy) is 1. The molecule has 0 saturated carbocycles. The topological polar surface area (TPSA) is 24.5 Å². The lowest BCUT2D eigenvalue weighted by Crippen LogP contribution is -2.29. The second kappa shape index (κ2) is 7.83. The summed E-state index contributed by atoms with van der Waals surface area (Å²) in [6, 6.07) is 3.69.